The van der Waals surface area contributed by atoms with Crippen LogP contribution in [0.4, 0.5) is 0 Å². The molecule has 3 rings (SSSR count). The Morgan fingerprint density at radius 1 is 0.786 bits per heavy atom. The first-order valence-electron chi connectivity index (χ1n) is 9.23. The molecule has 28 heavy (non-hydrogen) atoms. The molecule has 1 atom stereocenters. The van der Waals surface area contributed by atoms with Crippen molar-refractivity contribution in [2.75, 3.05) is 0 Å². The van der Waals surface area contributed by atoms with E-state index in [1.807, 2.05) is 91.0 Å². The van der Waals surface area contributed by atoms with Gasteiger partial charge in [0.15, 0.2) is 0 Å². The highest BCUT2D eigenvalue weighted by Crippen LogP contribution is 2.42. The first kappa shape index (κ1) is 19.4. The molecule has 0 aliphatic carbocycles. The van der Waals surface area contributed by atoms with E-state index >= 15 is 0 Å². The molecule has 0 heterocycles. The third-order valence-electron chi connectivity index (χ3n) is 4.97. The molecule has 0 radical (unpaired) electrons. The summed E-state index contributed by atoms with van der Waals surface area (Å²) in [5, 5.41) is 11.8. The number of aliphatic carboxylic acids is 1. The summed E-state index contributed by atoms with van der Waals surface area (Å²) in [7, 11) is 0. The van der Waals surface area contributed by atoms with Crippen LogP contribution in [0.5, 0.6) is 0 Å². The Morgan fingerprint density at radius 3 is 1.46 bits per heavy atom. The lowest BCUT2D eigenvalue weighted by molar-refractivity contribution is -0.141. The van der Waals surface area contributed by atoms with Crippen molar-refractivity contribution < 1.29 is 14.7 Å². The number of carboxylic acids is 1. The van der Waals surface area contributed by atoms with Crippen LogP contribution in [0.25, 0.3) is 0 Å². The topological polar surface area (TPSA) is 66.4 Å². The molecule has 4 nitrogen and oxygen atoms in total. The van der Waals surface area contributed by atoms with Crippen molar-refractivity contribution >= 4 is 11.9 Å². The minimum absolute atomic E-state index is 0.0999. The van der Waals surface area contributed by atoms with Gasteiger partial charge >= 0.3 is 5.97 Å². The molecular formula is C24H23NO3. The van der Waals surface area contributed by atoms with Crippen molar-refractivity contribution in [1.29, 1.82) is 0 Å². The van der Waals surface area contributed by atoms with Crippen LogP contribution in [0.3, 0.4) is 0 Å². The Labute approximate surface area is 164 Å². The Hall–Kier alpha value is -3.40. The molecular weight excluding hydrogens is 350 g/mol. The summed E-state index contributed by atoms with van der Waals surface area (Å²) >= 11 is 0. The maximum atomic E-state index is 12.9. The highest BCUT2D eigenvalue weighted by Gasteiger charge is 2.38. The van der Waals surface area contributed by atoms with Gasteiger partial charge in [-0.2, -0.15) is 0 Å². The van der Waals surface area contributed by atoms with Gasteiger partial charge in [-0.1, -0.05) is 91.0 Å². The molecule has 2 N–H and O–H groups in total. The summed E-state index contributed by atoms with van der Waals surface area (Å²) in [6, 6.07) is 28.6. The fourth-order valence-electron chi connectivity index (χ4n) is 3.57. The number of amides is 1. The van der Waals surface area contributed by atoms with E-state index in [0.717, 1.165) is 16.7 Å². The zero-order valence-corrected chi connectivity index (χ0v) is 15.7. The van der Waals surface area contributed by atoms with Crippen LogP contribution in [-0.2, 0) is 15.0 Å². The van der Waals surface area contributed by atoms with Gasteiger partial charge < -0.3 is 10.4 Å². The number of nitrogens with one attached hydrogen (secondary N) is 1. The molecule has 4 heteroatoms. The molecule has 0 aromatic heterocycles. The van der Waals surface area contributed by atoms with E-state index in [2.05, 4.69) is 5.32 Å². The molecule has 1 amide bonds. The predicted molar refractivity (Wildman–Crippen MR) is 109 cm³/mol. The maximum absolute atomic E-state index is 12.9. The van der Waals surface area contributed by atoms with E-state index in [1.165, 1.54) is 6.92 Å². The van der Waals surface area contributed by atoms with Gasteiger partial charge in [0.1, 0.15) is 6.04 Å². The Bertz CT molecular complexity index is 827. The fraction of sp³-hybridized carbons (Fsp3) is 0.167. The number of hydrogen-bond donors (Lipinski definition) is 2. The van der Waals surface area contributed by atoms with Gasteiger partial charge in [0.25, 0.3) is 0 Å². The minimum atomic E-state index is -1.06. The molecule has 142 valence electrons. The number of carbonyl (C=O) groups is 2. The van der Waals surface area contributed by atoms with Gasteiger partial charge in [-0.15, -0.1) is 0 Å². The number of hydrogen-bond acceptors (Lipinski definition) is 2. The number of carboxylic acid groups (broad SMARTS) is 1. The first-order valence-corrected chi connectivity index (χ1v) is 9.23. The van der Waals surface area contributed by atoms with Crippen molar-refractivity contribution in [1.82, 2.24) is 5.32 Å². The molecule has 0 aliphatic rings. The van der Waals surface area contributed by atoms with E-state index in [1.54, 1.807) is 0 Å². The van der Waals surface area contributed by atoms with Crippen molar-refractivity contribution in [2.24, 2.45) is 0 Å². The van der Waals surface area contributed by atoms with Crippen molar-refractivity contribution in [3.8, 4) is 0 Å². The Morgan fingerprint density at radius 2 is 1.14 bits per heavy atom. The van der Waals surface area contributed by atoms with Gasteiger partial charge in [0, 0.05) is 6.42 Å². The van der Waals surface area contributed by atoms with Crippen LogP contribution in [-0.4, -0.2) is 23.0 Å². The second kappa shape index (κ2) is 8.53. The van der Waals surface area contributed by atoms with E-state index in [0.29, 0.717) is 0 Å². The van der Waals surface area contributed by atoms with Gasteiger partial charge in [-0.3, -0.25) is 9.59 Å². The van der Waals surface area contributed by atoms with Crippen LogP contribution >= 0.6 is 0 Å². The summed E-state index contributed by atoms with van der Waals surface area (Å²) in [5.41, 5.74) is 2.20. The molecule has 3 aromatic carbocycles. The highest BCUT2D eigenvalue weighted by atomic mass is 16.4. The number of benzene rings is 3. The van der Waals surface area contributed by atoms with Crippen LogP contribution < -0.4 is 5.32 Å². The Balaban J connectivity index is 2.17. The Kier molecular flexibility index (Phi) is 5.90. The van der Waals surface area contributed by atoms with E-state index in [4.69, 9.17) is 5.11 Å². The molecule has 3 aromatic rings. The average Bonchev–Trinajstić information content (AvgIpc) is 2.74. The normalized spacial score (nSPS) is 12.2. The minimum Gasteiger partial charge on any atom is -0.480 e. The van der Waals surface area contributed by atoms with E-state index < -0.39 is 17.4 Å². The quantitative estimate of drug-likeness (QED) is 0.615. The fourth-order valence-corrected chi connectivity index (χ4v) is 3.57. The largest absolute Gasteiger partial charge is 0.480 e. The summed E-state index contributed by atoms with van der Waals surface area (Å²) in [4.78, 5) is 24.1. The SMILES string of the molecule is C[C@H](NC(=O)CC(c1ccccc1)(c1ccccc1)c1ccccc1)C(=O)O. The predicted octanol–water partition coefficient (Wildman–Crippen LogP) is 4.00. The zero-order valence-electron chi connectivity index (χ0n) is 15.7. The summed E-state index contributed by atoms with van der Waals surface area (Å²) in [5.74, 6) is -1.37. The van der Waals surface area contributed by atoms with Crippen LogP contribution in [0.2, 0.25) is 0 Å². The second-order valence-corrected chi connectivity index (χ2v) is 6.81. The van der Waals surface area contributed by atoms with Crippen molar-refractivity contribution in [3.05, 3.63) is 108 Å². The van der Waals surface area contributed by atoms with Crippen LogP contribution in [0, 0.1) is 0 Å². The summed E-state index contributed by atoms with van der Waals surface area (Å²) in [6.07, 6.45) is 0.0999. The standard InChI is InChI=1S/C24H23NO3/c1-18(23(27)28)25-22(26)17-24(19-11-5-2-6-12-19,20-13-7-3-8-14-20)21-15-9-4-10-16-21/h2-16,18H,17H2,1H3,(H,25,26)(H,27,28)/t18-/m0/s1. The first-order chi connectivity index (χ1) is 13.5. The zero-order chi connectivity index (χ0) is 20.0. The third-order valence-corrected chi connectivity index (χ3v) is 4.97. The molecule has 0 bridgehead atoms. The monoisotopic (exact) mass is 373 g/mol. The average molecular weight is 373 g/mol. The number of rotatable bonds is 7. The molecule has 0 fully saturated rings. The lowest BCUT2D eigenvalue weighted by Crippen LogP contribution is -2.43. The van der Waals surface area contributed by atoms with Gasteiger partial charge in [-0.25, -0.2) is 0 Å². The molecule has 0 saturated heterocycles. The van der Waals surface area contributed by atoms with E-state index in [-0.39, 0.29) is 12.3 Å². The second-order valence-electron chi connectivity index (χ2n) is 6.81. The molecule has 0 unspecified atom stereocenters. The van der Waals surface area contributed by atoms with Gasteiger partial charge in [0.05, 0.1) is 5.41 Å². The maximum Gasteiger partial charge on any atom is 0.325 e. The van der Waals surface area contributed by atoms with Crippen LogP contribution in [0.15, 0.2) is 91.0 Å². The third kappa shape index (κ3) is 3.96. The lowest BCUT2D eigenvalue weighted by Gasteiger charge is -2.35. The smallest absolute Gasteiger partial charge is 0.325 e. The van der Waals surface area contributed by atoms with Crippen molar-refractivity contribution in [3.63, 3.8) is 0 Å². The molecule has 0 spiro atoms. The van der Waals surface area contributed by atoms with E-state index in [9.17, 15) is 9.59 Å². The van der Waals surface area contributed by atoms with Gasteiger partial charge in [0.2, 0.25) is 5.91 Å². The lowest BCUT2D eigenvalue weighted by atomic mass is 9.67. The van der Waals surface area contributed by atoms with Crippen LogP contribution in [0.1, 0.15) is 30.0 Å². The summed E-state index contributed by atoms with van der Waals surface area (Å²) in [6.45, 7) is 1.47. The molecule has 0 saturated carbocycles. The summed E-state index contributed by atoms with van der Waals surface area (Å²) < 4.78 is 0. The number of carbonyl (C=O) groups excluding carboxylic acids is 1. The van der Waals surface area contributed by atoms with Crippen molar-refractivity contribution in [2.45, 2.75) is 24.8 Å². The highest BCUT2D eigenvalue weighted by molar-refractivity contribution is 5.85. The van der Waals surface area contributed by atoms with Gasteiger partial charge in [-0.05, 0) is 23.6 Å². The molecule has 0 aliphatic heterocycles.